The van der Waals surface area contributed by atoms with E-state index in [4.69, 9.17) is 0 Å². The van der Waals surface area contributed by atoms with Crippen LogP contribution in [-0.4, -0.2) is 11.2 Å². The molecule has 0 aliphatic carbocycles. The largest absolute Gasteiger partial charge is 0.393 e. The van der Waals surface area contributed by atoms with Gasteiger partial charge in [0.25, 0.3) is 0 Å². The van der Waals surface area contributed by atoms with Crippen molar-refractivity contribution in [3.63, 3.8) is 0 Å². The summed E-state index contributed by atoms with van der Waals surface area (Å²) in [5, 5.41) is 12.1. The molecule has 0 spiro atoms. The Balaban J connectivity index is 2.34. The Morgan fingerprint density at radius 1 is 1.06 bits per heavy atom. The van der Waals surface area contributed by atoms with Crippen molar-refractivity contribution in [3.8, 4) is 0 Å². The van der Waals surface area contributed by atoms with Gasteiger partial charge in [-0.2, -0.15) is 0 Å². The van der Waals surface area contributed by atoms with E-state index in [9.17, 15) is 5.11 Å². The number of rotatable bonds is 4. The topological polar surface area (TPSA) is 20.2 Å². The lowest BCUT2D eigenvalue weighted by molar-refractivity contribution is 0.173. The predicted molar refractivity (Wildman–Crippen MR) is 73.3 cm³/mol. The van der Waals surface area contributed by atoms with Gasteiger partial charge < -0.3 is 5.11 Å². The molecule has 0 heterocycles. The van der Waals surface area contributed by atoms with Crippen LogP contribution in [0.15, 0.2) is 42.5 Å². The first kappa shape index (κ1) is 12.1. The van der Waals surface area contributed by atoms with Gasteiger partial charge in [0.2, 0.25) is 0 Å². The van der Waals surface area contributed by atoms with E-state index in [-0.39, 0.29) is 6.10 Å². The number of benzene rings is 2. The van der Waals surface area contributed by atoms with Crippen LogP contribution in [0.4, 0.5) is 0 Å². The number of hydrogen-bond donors (Lipinski definition) is 1. The van der Waals surface area contributed by atoms with Crippen LogP contribution in [0.2, 0.25) is 0 Å². The maximum absolute atomic E-state index is 9.53. The van der Waals surface area contributed by atoms with Gasteiger partial charge in [0.1, 0.15) is 0 Å². The lowest BCUT2D eigenvalue weighted by atomic mass is 9.90. The predicted octanol–water partition coefficient (Wildman–Crippen LogP) is 4.10. The molecule has 90 valence electrons. The molecule has 1 nitrogen and oxygen atoms in total. The van der Waals surface area contributed by atoms with Gasteiger partial charge in [0.05, 0.1) is 6.10 Å². The monoisotopic (exact) mass is 228 g/mol. The fourth-order valence-corrected chi connectivity index (χ4v) is 2.41. The minimum atomic E-state index is -0.230. The van der Waals surface area contributed by atoms with E-state index in [1.54, 1.807) is 0 Å². The van der Waals surface area contributed by atoms with Crippen molar-refractivity contribution in [2.75, 3.05) is 0 Å². The number of fused-ring (bicyclic) bond motifs is 1. The van der Waals surface area contributed by atoms with Gasteiger partial charge in [-0.3, -0.25) is 0 Å². The molecule has 0 aliphatic rings. The van der Waals surface area contributed by atoms with Gasteiger partial charge in [-0.15, -0.1) is 0 Å². The Labute approximate surface area is 103 Å². The summed E-state index contributed by atoms with van der Waals surface area (Å²) in [4.78, 5) is 0. The van der Waals surface area contributed by atoms with Crippen molar-refractivity contribution in [1.29, 1.82) is 0 Å². The smallest absolute Gasteiger partial charge is 0.0517 e. The highest BCUT2D eigenvalue weighted by Gasteiger charge is 2.12. The highest BCUT2D eigenvalue weighted by molar-refractivity contribution is 5.83. The summed E-state index contributed by atoms with van der Waals surface area (Å²) in [6.45, 7) is 4.05. The minimum Gasteiger partial charge on any atom is -0.393 e. The van der Waals surface area contributed by atoms with Gasteiger partial charge in [0.15, 0.2) is 0 Å². The minimum absolute atomic E-state index is 0.230. The van der Waals surface area contributed by atoms with Crippen LogP contribution in [0.5, 0.6) is 0 Å². The molecule has 2 unspecified atom stereocenters. The first-order valence-electron chi connectivity index (χ1n) is 6.37. The molecule has 0 saturated heterocycles. The fraction of sp³-hybridized carbons (Fsp3) is 0.375. The number of aliphatic hydroxyl groups is 1. The van der Waals surface area contributed by atoms with E-state index in [0.29, 0.717) is 5.92 Å². The van der Waals surface area contributed by atoms with Crippen LogP contribution in [0.25, 0.3) is 10.8 Å². The maximum Gasteiger partial charge on any atom is 0.0517 e. The van der Waals surface area contributed by atoms with E-state index in [0.717, 1.165) is 12.8 Å². The van der Waals surface area contributed by atoms with E-state index in [2.05, 4.69) is 49.4 Å². The zero-order valence-electron chi connectivity index (χ0n) is 10.6. The molecule has 0 fully saturated rings. The molecular weight excluding hydrogens is 208 g/mol. The zero-order chi connectivity index (χ0) is 12.3. The van der Waals surface area contributed by atoms with E-state index in [1.807, 2.05) is 6.92 Å². The normalized spacial score (nSPS) is 14.8. The van der Waals surface area contributed by atoms with Gasteiger partial charge in [-0.05, 0) is 42.0 Å². The third-order valence-electron chi connectivity index (χ3n) is 3.36. The summed E-state index contributed by atoms with van der Waals surface area (Å²) in [7, 11) is 0. The Morgan fingerprint density at radius 3 is 2.41 bits per heavy atom. The van der Waals surface area contributed by atoms with Gasteiger partial charge >= 0.3 is 0 Å². The average Bonchev–Trinajstić information content (AvgIpc) is 2.35. The van der Waals surface area contributed by atoms with E-state index < -0.39 is 0 Å². The van der Waals surface area contributed by atoms with Gasteiger partial charge in [-0.25, -0.2) is 0 Å². The third kappa shape index (κ3) is 2.86. The zero-order valence-corrected chi connectivity index (χ0v) is 10.6. The molecule has 1 heteroatoms. The van der Waals surface area contributed by atoms with Crippen molar-refractivity contribution < 1.29 is 5.11 Å². The molecule has 1 N–H and O–H groups in total. The summed E-state index contributed by atoms with van der Waals surface area (Å²) in [5.74, 6) is 0.458. The highest BCUT2D eigenvalue weighted by atomic mass is 16.3. The Bertz CT molecular complexity index is 488. The molecule has 2 atom stereocenters. The second kappa shape index (κ2) is 5.33. The lowest BCUT2D eigenvalue weighted by Gasteiger charge is -2.17. The first-order chi connectivity index (χ1) is 8.20. The van der Waals surface area contributed by atoms with Crippen LogP contribution in [-0.2, 0) is 0 Å². The molecule has 2 aromatic rings. The van der Waals surface area contributed by atoms with Crippen molar-refractivity contribution >= 4 is 10.8 Å². The molecule has 17 heavy (non-hydrogen) atoms. The Kier molecular flexibility index (Phi) is 3.80. The van der Waals surface area contributed by atoms with E-state index >= 15 is 0 Å². The molecule has 0 aliphatic heterocycles. The number of hydrogen-bond acceptors (Lipinski definition) is 1. The quantitative estimate of drug-likeness (QED) is 0.835. The SMILES string of the molecule is CCC(CC(C)O)c1ccc2ccccc2c1. The van der Waals surface area contributed by atoms with E-state index in [1.165, 1.54) is 16.3 Å². The lowest BCUT2D eigenvalue weighted by Crippen LogP contribution is -2.07. The summed E-state index contributed by atoms with van der Waals surface area (Å²) < 4.78 is 0. The summed E-state index contributed by atoms with van der Waals surface area (Å²) in [5.41, 5.74) is 1.34. The van der Waals surface area contributed by atoms with Crippen LogP contribution < -0.4 is 0 Å². The second-order valence-corrected chi connectivity index (χ2v) is 4.80. The van der Waals surface area contributed by atoms with Crippen LogP contribution in [0.1, 0.15) is 38.2 Å². The third-order valence-corrected chi connectivity index (χ3v) is 3.36. The van der Waals surface area contributed by atoms with Gasteiger partial charge in [-0.1, -0.05) is 49.4 Å². The summed E-state index contributed by atoms with van der Waals surface area (Å²) in [6, 6.07) is 15.0. The standard InChI is InChI=1S/C16H20O/c1-3-13(10-12(2)17)16-9-8-14-6-4-5-7-15(14)11-16/h4-9,11-13,17H,3,10H2,1-2H3. The molecule has 0 bridgehead atoms. The molecular formula is C16H20O. The maximum atomic E-state index is 9.53. The van der Waals surface area contributed by atoms with Crippen LogP contribution >= 0.6 is 0 Å². The molecule has 0 radical (unpaired) electrons. The fourth-order valence-electron chi connectivity index (χ4n) is 2.41. The molecule has 0 amide bonds. The van der Waals surface area contributed by atoms with Gasteiger partial charge in [0, 0.05) is 0 Å². The molecule has 2 rings (SSSR count). The van der Waals surface area contributed by atoms with Crippen molar-refractivity contribution in [3.05, 3.63) is 48.0 Å². The second-order valence-electron chi connectivity index (χ2n) is 4.80. The Hall–Kier alpha value is -1.34. The summed E-state index contributed by atoms with van der Waals surface area (Å²) >= 11 is 0. The first-order valence-corrected chi connectivity index (χ1v) is 6.37. The highest BCUT2D eigenvalue weighted by Crippen LogP contribution is 2.27. The van der Waals surface area contributed by atoms with Crippen molar-refractivity contribution in [2.45, 2.75) is 38.7 Å². The molecule has 0 aromatic heterocycles. The Morgan fingerprint density at radius 2 is 1.76 bits per heavy atom. The molecule has 0 saturated carbocycles. The van der Waals surface area contributed by atoms with Crippen molar-refractivity contribution in [2.24, 2.45) is 0 Å². The van der Waals surface area contributed by atoms with Crippen LogP contribution in [0.3, 0.4) is 0 Å². The van der Waals surface area contributed by atoms with Crippen molar-refractivity contribution in [1.82, 2.24) is 0 Å². The number of aliphatic hydroxyl groups excluding tert-OH is 1. The summed E-state index contributed by atoms with van der Waals surface area (Å²) in [6.07, 6.45) is 1.68. The van der Waals surface area contributed by atoms with Crippen LogP contribution in [0, 0.1) is 0 Å². The average molecular weight is 228 g/mol. The molecule has 2 aromatic carbocycles.